The topological polar surface area (TPSA) is 118 Å². The van der Waals surface area contributed by atoms with Crippen LogP contribution in [0.2, 0.25) is 0 Å². The van der Waals surface area contributed by atoms with Gasteiger partial charge in [-0.2, -0.15) is 0 Å². The molecule has 9 heteroatoms. The van der Waals surface area contributed by atoms with Gasteiger partial charge in [0.1, 0.15) is 0 Å². The maximum absolute atomic E-state index is 11.8. The van der Waals surface area contributed by atoms with Crippen LogP contribution in [0.5, 0.6) is 0 Å². The van der Waals surface area contributed by atoms with Crippen molar-refractivity contribution >= 4 is 31.5 Å². The Labute approximate surface area is 117 Å². The molecule has 7 nitrogen and oxygen atoms in total. The van der Waals surface area contributed by atoms with Gasteiger partial charge in [-0.25, -0.2) is 16.8 Å². The Kier molecular flexibility index (Phi) is 5.12. The van der Waals surface area contributed by atoms with E-state index in [0.29, 0.717) is 0 Å². The van der Waals surface area contributed by atoms with Gasteiger partial charge in [0.2, 0.25) is 10.0 Å². The number of sulfonamides is 1. The maximum atomic E-state index is 11.8. The molecule has 0 spiro atoms. The van der Waals surface area contributed by atoms with Crippen LogP contribution in [0.15, 0.2) is 29.2 Å². The SMILES string of the molecule is CCS(=O)(=O)c1ccccc1NS(=O)(=O)CCC(=O)O. The zero-order valence-corrected chi connectivity index (χ0v) is 12.4. The summed E-state index contributed by atoms with van der Waals surface area (Å²) >= 11 is 0. The number of carboxylic acid groups (broad SMARTS) is 1. The molecule has 0 heterocycles. The zero-order chi connectivity index (χ0) is 15.4. The first kappa shape index (κ1) is 16.4. The van der Waals surface area contributed by atoms with E-state index < -0.39 is 38.0 Å². The van der Waals surface area contributed by atoms with Crippen molar-refractivity contribution in [2.45, 2.75) is 18.2 Å². The normalized spacial score (nSPS) is 12.1. The first-order chi connectivity index (χ1) is 9.18. The van der Waals surface area contributed by atoms with Crippen LogP contribution in [-0.4, -0.2) is 39.4 Å². The Bertz CT molecular complexity index is 693. The van der Waals surface area contributed by atoms with Crippen LogP contribution in [0, 0.1) is 0 Å². The standard InChI is InChI=1S/C11H15NO6S2/c1-2-19(15,16)10-6-4-3-5-9(10)12-20(17,18)8-7-11(13)14/h3-6,12H,2,7-8H2,1H3,(H,13,14). The van der Waals surface area contributed by atoms with Gasteiger partial charge in [0, 0.05) is 0 Å². The van der Waals surface area contributed by atoms with Gasteiger partial charge in [0.15, 0.2) is 9.84 Å². The molecule has 1 aromatic carbocycles. The van der Waals surface area contributed by atoms with Gasteiger partial charge < -0.3 is 5.11 Å². The van der Waals surface area contributed by atoms with Crippen LogP contribution in [-0.2, 0) is 24.7 Å². The van der Waals surface area contributed by atoms with E-state index in [9.17, 15) is 21.6 Å². The van der Waals surface area contributed by atoms with E-state index in [0.717, 1.165) is 0 Å². The molecular formula is C11H15NO6S2. The summed E-state index contributed by atoms with van der Waals surface area (Å²) in [5.74, 6) is -2.03. The summed E-state index contributed by atoms with van der Waals surface area (Å²) in [4.78, 5) is 10.3. The van der Waals surface area contributed by atoms with Crippen LogP contribution in [0.4, 0.5) is 5.69 Å². The highest BCUT2D eigenvalue weighted by Crippen LogP contribution is 2.23. The van der Waals surface area contributed by atoms with Crippen molar-refractivity contribution in [3.05, 3.63) is 24.3 Å². The summed E-state index contributed by atoms with van der Waals surface area (Å²) in [5, 5.41) is 8.48. The smallest absolute Gasteiger partial charge is 0.304 e. The molecule has 0 aliphatic heterocycles. The lowest BCUT2D eigenvalue weighted by atomic mass is 10.3. The second kappa shape index (κ2) is 6.23. The lowest BCUT2D eigenvalue weighted by molar-refractivity contribution is -0.136. The number of hydrogen-bond acceptors (Lipinski definition) is 5. The molecule has 1 rings (SSSR count). The van der Waals surface area contributed by atoms with E-state index in [4.69, 9.17) is 5.11 Å². The highest BCUT2D eigenvalue weighted by Gasteiger charge is 2.20. The molecule has 0 saturated carbocycles. The Hall–Kier alpha value is -1.61. The van der Waals surface area contributed by atoms with Crippen molar-refractivity contribution in [2.75, 3.05) is 16.2 Å². The van der Waals surface area contributed by atoms with Gasteiger partial charge in [-0.05, 0) is 12.1 Å². The summed E-state index contributed by atoms with van der Waals surface area (Å²) < 4.78 is 49.2. The fraction of sp³-hybridized carbons (Fsp3) is 0.364. The van der Waals surface area contributed by atoms with Crippen molar-refractivity contribution < 1.29 is 26.7 Å². The molecule has 0 radical (unpaired) electrons. The quantitative estimate of drug-likeness (QED) is 0.763. The number of hydrogen-bond donors (Lipinski definition) is 2. The molecule has 0 fully saturated rings. The first-order valence-corrected chi connectivity index (χ1v) is 9.02. The van der Waals surface area contributed by atoms with Crippen LogP contribution in [0.25, 0.3) is 0 Å². The van der Waals surface area contributed by atoms with Crippen LogP contribution < -0.4 is 4.72 Å². The van der Waals surface area contributed by atoms with Crippen LogP contribution in [0.3, 0.4) is 0 Å². The Balaban J connectivity index is 3.08. The third-order valence-corrected chi connectivity index (χ3v) is 5.51. The van der Waals surface area contributed by atoms with Gasteiger partial charge >= 0.3 is 5.97 Å². The molecule has 0 amide bonds. The van der Waals surface area contributed by atoms with E-state index in [1.165, 1.54) is 31.2 Å². The van der Waals surface area contributed by atoms with Crippen molar-refractivity contribution in [2.24, 2.45) is 0 Å². The highest BCUT2D eigenvalue weighted by molar-refractivity contribution is 7.93. The summed E-state index contributed by atoms with van der Waals surface area (Å²) in [7, 11) is -7.49. The number of aliphatic carboxylic acids is 1. The van der Waals surface area contributed by atoms with Crippen LogP contribution in [0.1, 0.15) is 13.3 Å². The molecule has 1 aromatic rings. The number of carbonyl (C=O) groups is 1. The lowest BCUT2D eigenvalue weighted by Crippen LogP contribution is -2.20. The number of nitrogens with one attached hydrogen (secondary N) is 1. The molecule has 0 bridgehead atoms. The van der Waals surface area contributed by atoms with Crippen molar-refractivity contribution in [1.29, 1.82) is 0 Å². The second-order valence-electron chi connectivity index (χ2n) is 3.96. The number of para-hydroxylation sites is 1. The van der Waals surface area contributed by atoms with Crippen molar-refractivity contribution in [3.8, 4) is 0 Å². The molecule has 2 N–H and O–H groups in total. The summed E-state index contributed by atoms with van der Waals surface area (Å²) in [6.45, 7) is 1.45. The number of anilines is 1. The Morgan fingerprint density at radius 2 is 1.80 bits per heavy atom. The van der Waals surface area contributed by atoms with Gasteiger partial charge in [-0.3, -0.25) is 9.52 Å². The van der Waals surface area contributed by atoms with Gasteiger partial charge in [-0.15, -0.1) is 0 Å². The third kappa shape index (κ3) is 4.49. The fourth-order valence-corrected chi connectivity index (χ4v) is 3.59. The fourth-order valence-electron chi connectivity index (χ4n) is 1.42. The number of rotatable bonds is 7. The Morgan fingerprint density at radius 1 is 1.20 bits per heavy atom. The molecule has 20 heavy (non-hydrogen) atoms. The molecule has 0 aliphatic carbocycles. The highest BCUT2D eigenvalue weighted by atomic mass is 32.2. The monoisotopic (exact) mass is 321 g/mol. The minimum Gasteiger partial charge on any atom is -0.481 e. The van der Waals surface area contributed by atoms with Gasteiger partial charge in [-0.1, -0.05) is 19.1 Å². The van der Waals surface area contributed by atoms with Gasteiger partial charge in [0.05, 0.1) is 28.5 Å². The van der Waals surface area contributed by atoms with E-state index in [-0.39, 0.29) is 16.3 Å². The maximum Gasteiger partial charge on any atom is 0.304 e. The van der Waals surface area contributed by atoms with Gasteiger partial charge in [0.25, 0.3) is 0 Å². The average Bonchev–Trinajstić information content (AvgIpc) is 2.36. The number of sulfone groups is 1. The lowest BCUT2D eigenvalue weighted by Gasteiger charge is -2.11. The minimum absolute atomic E-state index is 0.0697. The third-order valence-electron chi connectivity index (χ3n) is 2.45. The molecule has 0 unspecified atom stereocenters. The van der Waals surface area contributed by atoms with E-state index in [2.05, 4.69) is 4.72 Å². The van der Waals surface area contributed by atoms with E-state index in [1.54, 1.807) is 0 Å². The average molecular weight is 321 g/mol. The molecule has 0 atom stereocenters. The van der Waals surface area contributed by atoms with Crippen molar-refractivity contribution in [3.63, 3.8) is 0 Å². The largest absolute Gasteiger partial charge is 0.481 e. The molecule has 0 aliphatic rings. The first-order valence-electron chi connectivity index (χ1n) is 5.72. The molecule has 0 aromatic heterocycles. The molecule has 112 valence electrons. The van der Waals surface area contributed by atoms with E-state index in [1.807, 2.05) is 0 Å². The molecule has 0 saturated heterocycles. The minimum atomic E-state index is -3.92. The predicted molar refractivity (Wildman–Crippen MR) is 73.8 cm³/mol. The van der Waals surface area contributed by atoms with Crippen molar-refractivity contribution in [1.82, 2.24) is 0 Å². The summed E-state index contributed by atoms with van der Waals surface area (Å²) in [6.07, 6.45) is -0.558. The predicted octanol–water partition coefficient (Wildman–Crippen LogP) is 0.697. The van der Waals surface area contributed by atoms with Crippen LogP contribution >= 0.6 is 0 Å². The van der Waals surface area contributed by atoms with E-state index >= 15 is 0 Å². The number of benzene rings is 1. The zero-order valence-electron chi connectivity index (χ0n) is 10.7. The number of carboxylic acids is 1. The Morgan fingerprint density at radius 3 is 2.35 bits per heavy atom. The second-order valence-corrected chi connectivity index (χ2v) is 8.05. The summed E-state index contributed by atoms with van der Waals surface area (Å²) in [5.41, 5.74) is -0.0697. The summed E-state index contributed by atoms with van der Waals surface area (Å²) in [6, 6.07) is 5.59. The molecular weight excluding hydrogens is 306 g/mol.